The van der Waals surface area contributed by atoms with E-state index in [-0.39, 0.29) is 23.2 Å². The van der Waals surface area contributed by atoms with Crippen molar-refractivity contribution in [2.75, 3.05) is 11.1 Å². The summed E-state index contributed by atoms with van der Waals surface area (Å²) in [4.78, 5) is 13.1. The molecular formula is C20H20FN3O4S2. The first kappa shape index (κ1) is 22.0. The van der Waals surface area contributed by atoms with Gasteiger partial charge in [-0.2, -0.15) is 0 Å². The Morgan fingerprint density at radius 2 is 1.77 bits per heavy atom. The van der Waals surface area contributed by atoms with E-state index < -0.39 is 27.3 Å². The molecule has 1 N–H and O–H groups in total. The van der Waals surface area contributed by atoms with E-state index in [0.29, 0.717) is 10.8 Å². The highest BCUT2D eigenvalue weighted by Gasteiger charge is 2.18. The molecule has 0 bridgehead atoms. The minimum Gasteiger partial charge on any atom is -0.403 e. The Kier molecular flexibility index (Phi) is 6.88. The van der Waals surface area contributed by atoms with Gasteiger partial charge in [0.05, 0.1) is 10.6 Å². The van der Waals surface area contributed by atoms with Gasteiger partial charge in [-0.3, -0.25) is 10.1 Å². The molecule has 0 unspecified atom stereocenters. The minimum absolute atomic E-state index is 0.0455. The number of nitrogens with one attached hydrogen (secondary N) is 1. The van der Waals surface area contributed by atoms with Crippen molar-refractivity contribution in [1.82, 2.24) is 10.2 Å². The van der Waals surface area contributed by atoms with Crippen molar-refractivity contribution in [3.05, 3.63) is 54.3 Å². The molecular weight excluding hydrogens is 429 g/mol. The van der Waals surface area contributed by atoms with E-state index in [1.807, 2.05) is 24.3 Å². The molecule has 0 saturated carbocycles. The van der Waals surface area contributed by atoms with Crippen LogP contribution in [0.1, 0.15) is 20.3 Å². The highest BCUT2D eigenvalue weighted by molar-refractivity contribution is 7.99. The van der Waals surface area contributed by atoms with Crippen molar-refractivity contribution < 1.29 is 22.0 Å². The predicted octanol–water partition coefficient (Wildman–Crippen LogP) is 4.18. The zero-order chi connectivity index (χ0) is 21.7. The third-order valence-electron chi connectivity index (χ3n) is 3.92. The molecule has 0 fully saturated rings. The van der Waals surface area contributed by atoms with E-state index in [4.69, 9.17) is 4.42 Å². The lowest BCUT2D eigenvalue weighted by molar-refractivity contribution is -0.115. The average molecular weight is 450 g/mol. The molecule has 0 atom stereocenters. The highest BCUT2D eigenvalue weighted by atomic mass is 32.2. The summed E-state index contributed by atoms with van der Waals surface area (Å²) < 4.78 is 42.8. The summed E-state index contributed by atoms with van der Waals surface area (Å²) in [5, 5.41) is 10.5. The van der Waals surface area contributed by atoms with Crippen molar-refractivity contribution in [3.63, 3.8) is 0 Å². The van der Waals surface area contributed by atoms with Crippen molar-refractivity contribution in [2.24, 2.45) is 0 Å². The number of carbonyl (C=O) groups is 1. The number of hydrogen-bond acceptors (Lipinski definition) is 7. The second-order valence-electron chi connectivity index (χ2n) is 6.67. The number of nitrogens with zero attached hydrogens (tertiary/aromatic N) is 2. The Balaban J connectivity index is 1.57. The maximum atomic E-state index is 12.9. The summed E-state index contributed by atoms with van der Waals surface area (Å²) in [5.41, 5.74) is 0.704. The van der Waals surface area contributed by atoms with Gasteiger partial charge in [0.1, 0.15) is 5.82 Å². The van der Waals surface area contributed by atoms with Crippen LogP contribution in [-0.2, 0) is 14.6 Å². The Morgan fingerprint density at radius 1 is 1.10 bits per heavy atom. The summed E-state index contributed by atoms with van der Waals surface area (Å²) >= 11 is 1.73. The fourth-order valence-electron chi connectivity index (χ4n) is 2.51. The molecule has 0 spiro atoms. The van der Waals surface area contributed by atoms with E-state index in [0.717, 1.165) is 29.2 Å². The van der Waals surface area contributed by atoms with Gasteiger partial charge in [-0.25, -0.2) is 12.8 Å². The number of anilines is 1. The molecule has 7 nitrogen and oxygen atoms in total. The fourth-order valence-corrected chi connectivity index (χ4v) is 4.59. The van der Waals surface area contributed by atoms with Crippen LogP contribution in [0.4, 0.5) is 10.4 Å². The van der Waals surface area contributed by atoms with Gasteiger partial charge >= 0.3 is 6.01 Å². The van der Waals surface area contributed by atoms with E-state index >= 15 is 0 Å². The Bertz CT molecular complexity index is 1110. The molecule has 0 aliphatic carbocycles. The lowest BCUT2D eigenvalue weighted by Gasteiger charge is -2.05. The summed E-state index contributed by atoms with van der Waals surface area (Å²) in [7, 11) is -3.71. The van der Waals surface area contributed by atoms with Gasteiger partial charge in [0, 0.05) is 22.1 Å². The zero-order valence-electron chi connectivity index (χ0n) is 16.3. The number of aromatic nitrogens is 2. The van der Waals surface area contributed by atoms with Crippen LogP contribution >= 0.6 is 11.8 Å². The highest BCUT2D eigenvalue weighted by Crippen LogP contribution is 2.26. The molecule has 1 heterocycles. The molecule has 30 heavy (non-hydrogen) atoms. The van der Waals surface area contributed by atoms with Crippen LogP contribution in [0.2, 0.25) is 0 Å². The molecule has 2 aromatic carbocycles. The number of benzene rings is 2. The summed E-state index contributed by atoms with van der Waals surface area (Å²) in [5.74, 6) is -1.31. The standard InChI is InChI=1S/C20H20FN3O4S2/c1-13(2)29-16-7-3-14(4-8-16)19-23-24-20(28-19)22-18(25)11-12-30(26,27)17-9-5-15(21)6-10-17/h3-10,13H,11-12H2,1-2H3,(H,22,24,25). The van der Waals surface area contributed by atoms with Crippen molar-refractivity contribution >= 4 is 33.5 Å². The molecule has 158 valence electrons. The Morgan fingerprint density at radius 3 is 2.40 bits per heavy atom. The van der Waals surface area contributed by atoms with Gasteiger partial charge < -0.3 is 4.42 Å². The first-order valence-corrected chi connectivity index (χ1v) is 11.6. The van der Waals surface area contributed by atoms with Crippen LogP contribution in [0.15, 0.2) is 62.7 Å². The summed E-state index contributed by atoms with van der Waals surface area (Å²) in [6.45, 7) is 4.22. The van der Waals surface area contributed by atoms with Gasteiger partial charge in [0.2, 0.25) is 11.8 Å². The van der Waals surface area contributed by atoms with Gasteiger partial charge in [0.15, 0.2) is 9.84 Å². The lowest BCUT2D eigenvalue weighted by atomic mass is 10.2. The second kappa shape index (κ2) is 9.40. The normalized spacial score (nSPS) is 11.6. The quantitative estimate of drug-likeness (QED) is 0.406. The monoisotopic (exact) mass is 449 g/mol. The first-order valence-electron chi connectivity index (χ1n) is 9.12. The second-order valence-corrected chi connectivity index (χ2v) is 10.4. The number of amides is 1. The van der Waals surface area contributed by atoms with Crippen LogP contribution in [-0.4, -0.2) is 35.5 Å². The maximum absolute atomic E-state index is 12.9. The molecule has 0 aliphatic rings. The largest absolute Gasteiger partial charge is 0.403 e. The first-order chi connectivity index (χ1) is 14.2. The molecule has 1 aromatic heterocycles. The van der Waals surface area contributed by atoms with Crippen LogP contribution < -0.4 is 5.32 Å². The molecule has 0 radical (unpaired) electrons. The minimum atomic E-state index is -3.71. The van der Waals surface area contributed by atoms with Crippen LogP contribution in [0.25, 0.3) is 11.5 Å². The van der Waals surface area contributed by atoms with Gasteiger partial charge in [0.25, 0.3) is 0 Å². The van der Waals surface area contributed by atoms with Crippen molar-refractivity contribution in [2.45, 2.75) is 35.3 Å². The number of rotatable bonds is 8. The van der Waals surface area contributed by atoms with Crippen molar-refractivity contribution in [3.8, 4) is 11.5 Å². The lowest BCUT2D eigenvalue weighted by Crippen LogP contribution is -2.17. The maximum Gasteiger partial charge on any atom is 0.322 e. The topological polar surface area (TPSA) is 102 Å². The van der Waals surface area contributed by atoms with E-state index in [9.17, 15) is 17.6 Å². The van der Waals surface area contributed by atoms with Crippen molar-refractivity contribution in [1.29, 1.82) is 0 Å². The van der Waals surface area contributed by atoms with Gasteiger partial charge in [-0.05, 0) is 48.5 Å². The number of sulfone groups is 1. The van der Waals surface area contributed by atoms with Gasteiger partial charge in [-0.1, -0.05) is 18.9 Å². The number of hydrogen-bond donors (Lipinski definition) is 1. The predicted molar refractivity (Wildman–Crippen MR) is 112 cm³/mol. The summed E-state index contributed by atoms with van der Waals surface area (Å²) in [6.07, 6.45) is -0.307. The van der Waals surface area contributed by atoms with Crippen LogP contribution in [0.3, 0.4) is 0 Å². The average Bonchev–Trinajstić information content (AvgIpc) is 3.15. The third kappa shape index (κ3) is 5.90. The summed E-state index contributed by atoms with van der Waals surface area (Å²) in [6, 6.07) is 11.9. The SMILES string of the molecule is CC(C)Sc1ccc(-c2nnc(NC(=O)CCS(=O)(=O)c3ccc(F)cc3)o2)cc1. The molecule has 0 aliphatic heterocycles. The molecule has 3 aromatic rings. The molecule has 0 saturated heterocycles. The van der Waals surface area contributed by atoms with Gasteiger partial charge in [-0.15, -0.1) is 16.9 Å². The number of thioether (sulfide) groups is 1. The fraction of sp³-hybridized carbons (Fsp3) is 0.250. The molecule has 1 amide bonds. The smallest absolute Gasteiger partial charge is 0.322 e. The number of carbonyl (C=O) groups excluding carboxylic acids is 1. The van der Waals surface area contributed by atoms with Crippen LogP contribution in [0, 0.1) is 5.82 Å². The Labute approximate surface area is 178 Å². The van der Waals surface area contributed by atoms with E-state index in [1.54, 1.807) is 11.8 Å². The van der Waals surface area contributed by atoms with Crippen LogP contribution in [0.5, 0.6) is 0 Å². The molecule has 10 heteroatoms. The van der Waals surface area contributed by atoms with E-state index in [2.05, 4.69) is 29.4 Å². The third-order valence-corrected chi connectivity index (χ3v) is 6.66. The number of halogens is 1. The Hall–Kier alpha value is -2.72. The molecule has 3 rings (SSSR count). The van der Waals surface area contributed by atoms with E-state index in [1.165, 1.54) is 0 Å². The zero-order valence-corrected chi connectivity index (χ0v) is 18.0.